The lowest BCUT2D eigenvalue weighted by atomic mass is 10.3. The third kappa shape index (κ3) is 2.67. The van der Waals surface area contributed by atoms with Crippen molar-refractivity contribution in [3.8, 4) is 0 Å². The van der Waals surface area contributed by atoms with E-state index in [4.69, 9.17) is 5.73 Å². The zero-order chi connectivity index (χ0) is 9.84. The van der Waals surface area contributed by atoms with Gasteiger partial charge >= 0.3 is 0 Å². The highest BCUT2D eigenvalue weighted by Gasteiger charge is 2.08. The zero-order valence-corrected chi connectivity index (χ0v) is 9.45. The van der Waals surface area contributed by atoms with Crippen molar-refractivity contribution in [2.75, 3.05) is 18.5 Å². The first-order chi connectivity index (χ1) is 6.15. The number of halogens is 1. The Morgan fingerprint density at radius 1 is 1.62 bits per heavy atom. The highest BCUT2D eigenvalue weighted by atomic mass is 79.9. The summed E-state index contributed by atoms with van der Waals surface area (Å²) < 4.78 is 0.991. The van der Waals surface area contributed by atoms with Gasteiger partial charge in [0.1, 0.15) is 5.82 Å². The molecule has 0 aliphatic heterocycles. The summed E-state index contributed by atoms with van der Waals surface area (Å²) in [6.45, 7) is 2.71. The van der Waals surface area contributed by atoms with Crippen molar-refractivity contribution in [3.63, 3.8) is 0 Å². The van der Waals surface area contributed by atoms with Gasteiger partial charge in [-0.3, -0.25) is 0 Å². The number of nitrogens with two attached hydrogens (primary N) is 1. The summed E-state index contributed by atoms with van der Waals surface area (Å²) in [5.74, 6) is 0.946. The molecule has 1 atom stereocenters. The second-order valence-electron chi connectivity index (χ2n) is 3.03. The van der Waals surface area contributed by atoms with E-state index < -0.39 is 0 Å². The number of nitrogens with zero attached hydrogens (tertiary/aromatic N) is 2. The highest BCUT2D eigenvalue weighted by molar-refractivity contribution is 9.10. The highest BCUT2D eigenvalue weighted by Crippen LogP contribution is 2.14. The maximum Gasteiger partial charge on any atom is 0.128 e. The molecule has 0 amide bonds. The molecule has 0 saturated carbocycles. The van der Waals surface area contributed by atoms with Crippen LogP contribution in [0.25, 0.3) is 0 Å². The lowest BCUT2D eigenvalue weighted by molar-refractivity contribution is 0.687. The van der Waals surface area contributed by atoms with E-state index in [-0.39, 0.29) is 0 Å². The predicted molar refractivity (Wildman–Crippen MR) is 58.9 cm³/mol. The molecule has 2 N–H and O–H groups in total. The van der Waals surface area contributed by atoms with Crippen LogP contribution in [0.4, 0.5) is 5.82 Å². The Hall–Kier alpha value is -0.610. The van der Waals surface area contributed by atoms with Crippen LogP contribution in [-0.2, 0) is 0 Å². The van der Waals surface area contributed by atoms with Gasteiger partial charge in [-0.05, 0) is 35.0 Å². The van der Waals surface area contributed by atoms with Crippen LogP contribution in [0.15, 0.2) is 22.8 Å². The third-order valence-corrected chi connectivity index (χ3v) is 2.54. The molecule has 13 heavy (non-hydrogen) atoms. The van der Waals surface area contributed by atoms with Crippen LogP contribution >= 0.6 is 15.9 Å². The second-order valence-corrected chi connectivity index (χ2v) is 3.95. The molecule has 1 heterocycles. The van der Waals surface area contributed by atoms with Gasteiger partial charge in [0, 0.05) is 30.3 Å². The summed E-state index contributed by atoms with van der Waals surface area (Å²) in [5.41, 5.74) is 5.56. The molecular formula is C9H14BrN3. The van der Waals surface area contributed by atoms with Crippen molar-refractivity contribution in [2.24, 2.45) is 5.73 Å². The van der Waals surface area contributed by atoms with E-state index in [0.717, 1.165) is 10.3 Å². The van der Waals surface area contributed by atoms with Crippen LogP contribution in [0.5, 0.6) is 0 Å². The summed E-state index contributed by atoms with van der Waals surface area (Å²) in [6.07, 6.45) is 1.79. The molecule has 0 saturated heterocycles. The normalized spacial score (nSPS) is 12.6. The molecule has 0 spiro atoms. The minimum Gasteiger partial charge on any atom is -0.356 e. The molecule has 0 bridgehead atoms. The van der Waals surface area contributed by atoms with Gasteiger partial charge in [0.05, 0.1) is 0 Å². The number of hydrogen-bond acceptors (Lipinski definition) is 3. The topological polar surface area (TPSA) is 42.1 Å². The fourth-order valence-electron chi connectivity index (χ4n) is 0.961. The Balaban J connectivity index is 2.77. The Bertz CT molecular complexity index is 260. The number of anilines is 1. The number of hydrogen-bond donors (Lipinski definition) is 1. The number of aromatic nitrogens is 1. The van der Waals surface area contributed by atoms with Gasteiger partial charge in [-0.25, -0.2) is 4.98 Å². The van der Waals surface area contributed by atoms with Crippen molar-refractivity contribution in [3.05, 3.63) is 22.8 Å². The quantitative estimate of drug-likeness (QED) is 0.878. The Kier molecular flexibility index (Phi) is 3.69. The number of rotatable bonds is 3. The van der Waals surface area contributed by atoms with Crippen LogP contribution in [0.3, 0.4) is 0 Å². The fraction of sp³-hybridized carbons (Fsp3) is 0.444. The first-order valence-corrected chi connectivity index (χ1v) is 4.99. The Labute approximate surface area is 87.1 Å². The lowest BCUT2D eigenvalue weighted by Crippen LogP contribution is -2.35. The summed E-state index contributed by atoms with van der Waals surface area (Å²) in [4.78, 5) is 6.33. The molecule has 0 fully saturated rings. The van der Waals surface area contributed by atoms with E-state index in [9.17, 15) is 0 Å². The predicted octanol–water partition coefficient (Wildman–Crippen LogP) is 1.63. The molecule has 1 aromatic rings. The summed E-state index contributed by atoms with van der Waals surface area (Å²) >= 11 is 3.34. The van der Waals surface area contributed by atoms with Crippen LogP contribution < -0.4 is 10.6 Å². The summed E-state index contributed by atoms with van der Waals surface area (Å²) in [7, 11) is 1.99. The van der Waals surface area contributed by atoms with Crippen LogP contribution in [0.1, 0.15) is 6.92 Å². The summed E-state index contributed by atoms with van der Waals surface area (Å²) in [6, 6.07) is 4.26. The molecule has 1 rings (SSSR count). The van der Waals surface area contributed by atoms with Gasteiger partial charge in [0.25, 0.3) is 0 Å². The maximum absolute atomic E-state index is 5.56. The molecule has 1 aromatic heterocycles. The van der Waals surface area contributed by atoms with Gasteiger partial charge in [-0.15, -0.1) is 0 Å². The molecule has 0 aliphatic rings. The van der Waals surface area contributed by atoms with Gasteiger partial charge < -0.3 is 10.6 Å². The molecule has 0 aromatic carbocycles. The molecule has 0 radical (unpaired) electrons. The van der Waals surface area contributed by atoms with E-state index in [2.05, 4.69) is 32.7 Å². The van der Waals surface area contributed by atoms with Crippen LogP contribution in [-0.4, -0.2) is 24.6 Å². The first kappa shape index (κ1) is 10.5. The summed E-state index contributed by atoms with van der Waals surface area (Å²) in [5, 5.41) is 0. The SMILES string of the molecule is CC(CN)N(C)c1ccc(Br)cn1. The largest absolute Gasteiger partial charge is 0.356 e. The lowest BCUT2D eigenvalue weighted by Gasteiger charge is -2.24. The first-order valence-electron chi connectivity index (χ1n) is 4.19. The molecule has 4 heteroatoms. The number of likely N-dealkylation sites (N-methyl/N-ethyl adjacent to an activating group) is 1. The van der Waals surface area contributed by atoms with Crippen molar-refractivity contribution < 1.29 is 0 Å². The third-order valence-electron chi connectivity index (χ3n) is 2.08. The molecule has 1 unspecified atom stereocenters. The monoisotopic (exact) mass is 243 g/mol. The van der Waals surface area contributed by atoms with Crippen molar-refractivity contribution in [2.45, 2.75) is 13.0 Å². The van der Waals surface area contributed by atoms with E-state index in [1.807, 2.05) is 19.2 Å². The average molecular weight is 244 g/mol. The van der Waals surface area contributed by atoms with E-state index in [0.29, 0.717) is 12.6 Å². The van der Waals surface area contributed by atoms with Gasteiger partial charge in [-0.2, -0.15) is 0 Å². The van der Waals surface area contributed by atoms with Crippen LogP contribution in [0, 0.1) is 0 Å². The molecule has 3 nitrogen and oxygen atoms in total. The smallest absolute Gasteiger partial charge is 0.128 e. The van der Waals surface area contributed by atoms with Crippen molar-refractivity contribution in [1.29, 1.82) is 0 Å². The Morgan fingerprint density at radius 3 is 2.77 bits per heavy atom. The van der Waals surface area contributed by atoms with Gasteiger partial charge in [-0.1, -0.05) is 0 Å². The van der Waals surface area contributed by atoms with Crippen molar-refractivity contribution in [1.82, 2.24) is 4.98 Å². The van der Waals surface area contributed by atoms with Gasteiger partial charge in [0.15, 0.2) is 0 Å². The standard InChI is InChI=1S/C9H14BrN3/c1-7(5-11)13(2)9-4-3-8(10)6-12-9/h3-4,6-7H,5,11H2,1-2H3. The number of pyridine rings is 1. The molecule has 72 valence electrons. The van der Waals surface area contributed by atoms with E-state index in [1.54, 1.807) is 6.20 Å². The van der Waals surface area contributed by atoms with E-state index in [1.165, 1.54) is 0 Å². The molecular weight excluding hydrogens is 230 g/mol. The minimum atomic E-state index is 0.314. The van der Waals surface area contributed by atoms with Gasteiger partial charge in [0.2, 0.25) is 0 Å². The fourth-order valence-corrected chi connectivity index (χ4v) is 1.20. The average Bonchev–Trinajstić information content (AvgIpc) is 2.17. The minimum absolute atomic E-state index is 0.314. The zero-order valence-electron chi connectivity index (χ0n) is 7.87. The van der Waals surface area contributed by atoms with Crippen molar-refractivity contribution >= 4 is 21.7 Å². The maximum atomic E-state index is 5.56. The molecule has 0 aliphatic carbocycles. The van der Waals surface area contributed by atoms with Crippen LogP contribution in [0.2, 0.25) is 0 Å². The second kappa shape index (κ2) is 4.58. The Morgan fingerprint density at radius 2 is 2.31 bits per heavy atom. The van der Waals surface area contributed by atoms with E-state index >= 15 is 0 Å².